The molecule has 0 aromatic carbocycles. The van der Waals surface area contributed by atoms with Gasteiger partial charge in [-0.15, -0.1) is 11.3 Å². The van der Waals surface area contributed by atoms with Gasteiger partial charge in [-0.25, -0.2) is 19.4 Å². The van der Waals surface area contributed by atoms with Gasteiger partial charge in [0.2, 0.25) is 5.71 Å². The Balaban J connectivity index is 1.85. The summed E-state index contributed by atoms with van der Waals surface area (Å²) in [7, 11) is 0. The Kier molecular flexibility index (Phi) is 8.44. The Hall–Kier alpha value is -2.85. The molecule has 1 aromatic heterocycles. The molecule has 2 aliphatic heterocycles. The number of aliphatic hydroxyl groups is 2. The number of nitrogens with zero attached hydrogens (tertiary/aromatic N) is 3. The summed E-state index contributed by atoms with van der Waals surface area (Å²) in [6, 6.07) is 0. The molecule has 0 aliphatic carbocycles. The maximum Gasteiger partial charge on any atom is 0.413 e. The lowest BCUT2D eigenvalue weighted by molar-refractivity contribution is -0.256. The fraction of sp³-hybridized carbons (Fsp3) is 0.682. The van der Waals surface area contributed by atoms with E-state index < -0.39 is 53.0 Å². The average molecular weight is 545 g/mol. The average Bonchev–Trinajstić information content (AvgIpc) is 3.28. The SMILES string of the molecule is CC(C)(C)OC(=O)Nc1nc(/C(=N/OC2(C(=O)OC(C)(C)C)COC2)C(=O)ON2C(O)CCC2O)cs1. The molecular formula is C22H32N4O10S. The highest BCUT2D eigenvalue weighted by atomic mass is 32.1. The molecule has 2 unspecified atom stereocenters. The minimum Gasteiger partial charge on any atom is -0.457 e. The van der Waals surface area contributed by atoms with Crippen LogP contribution in [-0.2, 0) is 33.5 Å². The van der Waals surface area contributed by atoms with Crippen LogP contribution in [0.2, 0.25) is 0 Å². The highest BCUT2D eigenvalue weighted by Gasteiger charge is 2.52. The van der Waals surface area contributed by atoms with Crippen LogP contribution in [0.5, 0.6) is 0 Å². The Morgan fingerprint density at radius 3 is 2.22 bits per heavy atom. The minimum atomic E-state index is -1.60. The maximum absolute atomic E-state index is 13.0. The standard InChI is InChI=1S/C22H32N4O10S/c1-20(2,3)33-17(30)22(10-32-11-22)36-25-15(16(29)35-26-13(27)7-8-14(26)28)12-9-37-18(23-12)24-19(31)34-21(4,5)6/h9,13-14,27-28H,7-8,10-11H2,1-6H3,(H,23,24,31)/b25-15-. The number of carbonyl (C=O) groups excluding carboxylic acids is 3. The first kappa shape index (κ1) is 28.7. The van der Waals surface area contributed by atoms with E-state index in [9.17, 15) is 24.6 Å². The predicted octanol–water partition coefficient (Wildman–Crippen LogP) is 1.51. The van der Waals surface area contributed by atoms with Gasteiger partial charge in [-0.1, -0.05) is 10.2 Å². The van der Waals surface area contributed by atoms with Crippen molar-refractivity contribution in [1.82, 2.24) is 10.0 Å². The van der Waals surface area contributed by atoms with E-state index in [1.54, 1.807) is 41.5 Å². The Morgan fingerprint density at radius 2 is 1.70 bits per heavy atom. The number of hydrogen-bond donors (Lipinski definition) is 3. The summed E-state index contributed by atoms with van der Waals surface area (Å²) in [5.74, 6) is -1.87. The quantitative estimate of drug-likeness (QED) is 0.256. The minimum absolute atomic E-state index is 0.0659. The van der Waals surface area contributed by atoms with Gasteiger partial charge >= 0.3 is 18.0 Å². The Labute approximate surface area is 217 Å². The summed E-state index contributed by atoms with van der Waals surface area (Å²) >= 11 is 0.965. The summed E-state index contributed by atoms with van der Waals surface area (Å²) in [6.07, 6.45) is -2.86. The van der Waals surface area contributed by atoms with Crippen LogP contribution >= 0.6 is 11.3 Å². The zero-order chi connectivity index (χ0) is 27.6. The molecule has 1 amide bonds. The topological polar surface area (TPSA) is 178 Å². The van der Waals surface area contributed by atoms with Gasteiger partial charge in [-0.2, -0.15) is 0 Å². The van der Waals surface area contributed by atoms with Gasteiger partial charge in [0.25, 0.3) is 5.60 Å². The molecule has 3 rings (SSSR count). The van der Waals surface area contributed by atoms with Crippen molar-refractivity contribution < 1.29 is 48.5 Å². The van der Waals surface area contributed by atoms with Crippen molar-refractivity contribution in [2.24, 2.45) is 5.16 Å². The highest BCUT2D eigenvalue weighted by Crippen LogP contribution is 2.28. The van der Waals surface area contributed by atoms with Gasteiger partial charge in [-0.3, -0.25) is 5.32 Å². The molecule has 1 aromatic rings. The Bertz CT molecular complexity index is 1030. The van der Waals surface area contributed by atoms with Gasteiger partial charge < -0.3 is 34.1 Å². The number of thiazole rings is 1. The van der Waals surface area contributed by atoms with E-state index in [0.29, 0.717) is 0 Å². The zero-order valence-corrected chi connectivity index (χ0v) is 22.3. The van der Waals surface area contributed by atoms with Crippen LogP contribution in [0.1, 0.15) is 60.1 Å². The van der Waals surface area contributed by atoms with Gasteiger partial charge in [0.1, 0.15) is 42.6 Å². The lowest BCUT2D eigenvalue weighted by Crippen LogP contribution is -2.59. The summed E-state index contributed by atoms with van der Waals surface area (Å²) in [4.78, 5) is 52.7. The first-order valence-electron chi connectivity index (χ1n) is 11.5. The van der Waals surface area contributed by atoms with Crippen molar-refractivity contribution in [3.8, 4) is 0 Å². The first-order chi connectivity index (χ1) is 17.1. The molecule has 0 saturated carbocycles. The van der Waals surface area contributed by atoms with Gasteiger partial charge in [0.05, 0.1) is 0 Å². The molecule has 14 nitrogen and oxygen atoms in total. The van der Waals surface area contributed by atoms with E-state index in [1.165, 1.54) is 5.38 Å². The predicted molar refractivity (Wildman–Crippen MR) is 128 cm³/mol. The Morgan fingerprint density at radius 1 is 1.11 bits per heavy atom. The summed E-state index contributed by atoms with van der Waals surface area (Å²) in [6.45, 7) is 9.82. The third-order valence-electron chi connectivity index (χ3n) is 4.76. The smallest absolute Gasteiger partial charge is 0.413 e. The molecule has 206 valence electrons. The second-order valence-electron chi connectivity index (χ2n) is 10.5. The van der Waals surface area contributed by atoms with Gasteiger partial charge in [0.15, 0.2) is 5.13 Å². The van der Waals surface area contributed by atoms with Crippen molar-refractivity contribution in [2.45, 2.75) is 83.6 Å². The number of rotatable bonds is 7. The number of nitrogens with one attached hydrogen (secondary N) is 1. The summed E-state index contributed by atoms with van der Waals surface area (Å²) < 4.78 is 15.7. The summed E-state index contributed by atoms with van der Waals surface area (Å²) in [5, 5.41) is 28.5. The fourth-order valence-corrected chi connectivity index (χ4v) is 3.71. The maximum atomic E-state index is 13.0. The molecule has 0 radical (unpaired) electrons. The molecule has 0 spiro atoms. The molecule has 2 fully saturated rings. The second kappa shape index (κ2) is 10.9. The number of amides is 1. The number of ether oxygens (including phenoxy) is 3. The number of aliphatic hydroxyl groups excluding tert-OH is 2. The van der Waals surface area contributed by atoms with E-state index in [4.69, 9.17) is 23.9 Å². The van der Waals surface area contributed by atoms with E-state index in [2.05, 4.69) is 15.5 Å². The van der Waals surface area contributed by atoms with Crippen molar-refractivity contribution in [1.29, 1.82) is 0 Å². The normalized spacial score (nSPS) is 22.1. The molecule has 3 heterocycles. The molecule has 15 heteroatoms. The van der Waals surface area contributed by atoms with Crippen LogP contribution < -0.4 is 5.32 Å². The third-order valence-corrected chi connectivity index (χ3v) is 5.52. The summed E-state index contributed by atoms with van der Waals surface area (Å²) in [5.41, 5.74) is -3.71. The van der Waals surface area contributed by atoms with E-state index in [1.807, 2.05) is 0 Å². The number of anilines is 1. The zero-order valence-electron chi connectivity index (χ0n) is 21.5. The van der Waals surface area contributed by atoms with Crippen LogP contribution in [0.4, 0.5) is 9.93 Å². The number of aromatic nitrogens is 1. The van der Waals surface area contributed by atoms with Crippen molar-refractivity contribution >= 4 is 40.2 Å². The molecular weight excluding hydrogens is 512 g/mol. The van der Waals surface area contributed by atoms with Crippen LogP contribution in [0, 0.1) is 0 Å². The largest absolute Gasteiger partial charge is 0.457 e. The number of carbonyl (C=O) groups is 3. The molecule has 2 saturated heterocycles. The highest BCUT2D eigenvalue weighted by molar-refractivity contribution is 7.14. The third kappa shape index (κ3) is 7.58. The van der Waals surface area contributed by atoms with Crippen LogP contribution in [0.25, 0.3) is 0 Å². The van der Waals surface area contributed by atoms with Gasteiger partial charge in [0, 0.05) is 5.38 Å². The first-order valence-corrected chi connectivity index (χ1v) is 12.4. The lowest BCUT2D eigenvalue weighted by atomic mass is 10.0. The van der Waals surface area contributed by atoms with E-state index in [-0.39, 0.29) is 36.9 Å². The van der Waals surface area contributed by atoms with Crippen LogP contribution in [0.15, 0.2) is 10.5 Å². The van der Waals surface area contributed by atoms with Crippen molar-refractivity contribution in [3.05, 3.63) is 11.1 Å². The van der Waals surface area contributed by atoms with E-state index in [0.717, 1.165) is 16.4 Å². The number of oxime groups is 1. The van der Waals surface area contributed by atoms with Crippen LogP contribution in [-0.4, -0.2) is 86.5 Å². The number of hydroxylamine groups is 2. The number of hydrogen-bond acceptors (Lipinski definition) is 14. The molecule has 37 heavy (non-hydrogen) atoms. The molecule has 0 bridgehead atoms. The monoisotopic (exact) mass is 544 g/mol. The number of esters is 1. The fourth-order valence-electron chi connectivity index (χ4n) is 3.03. The molecule has 3 N–H and O–H groups in total. The van der Waals surface area contributed by atoms with Gasteiger partial charge in [-0.05, 0) is 54.4 Å². The van der Waals surface area contributed by atoms with E-state index >= 15 is 0 Å². The lowest BCUT2D eigenvalue weighted by Gasteiger charge is -2.37. The van der Waals surface area contributed by atoms with Crippen molar-refractivity contribution in [2.75, 3.05) is 18.5 Å². The van der Waals surface area contributed by atoms with Crippen LogP contribution in [0.3, 0.4) is 0 Å². The van der Waals surface area contributed by atoms with Crippen molar-refractivity contribution in [3.63, 3.8) is 0 Å². The molecule has 2 aliphatic rings. The second-order valence-corrected chi connectivity index (χ2v) is 11.3. The molecule has 2 atom stereocenters.